The lowest BCUT2D eigenvalue weighted by Crippen LogP contribution is -2.27. The van der Waals surface area contributed by atoms with Crippen LogP contribution in [0.25, 0.3) is 0 Å². The van der Waals surface area contributed by atoms with Crippen molar-refractivity contribution in [1.82, 2.24) is 0 Å². The minimum absolute atomic E-state index is 0.0667. The van der Waals surface area contributed by atoms with Crippen molar-refractivity contribution < 1.29 is 34.0 Å². The molecule has 2 N–H and O–H groups in total. The maximum atomic E-state index is 11.6. The summed E-state index contributed by atoms with van der Waals surface area (Å²) in [6.45, 7) is 4.82. The van der Waals surface area contributed by atoms with Gasteiger partial charge in [-0.2, -0.15) is 0 Å². The zero-order chi connectivity index (χ0) is 21.8. The molecule has 7 heteroatoms. The monoisotopic (exact) mass is 410 g/mol. The number of aryl methyl sites for hydroxylation is 1. The van der Waals surface area contributed by atoms with Crippen LogP contribution in [-0.2, 0) is 25.5 Å². The van der Waals surface area contributed by atoms with Crippen molar-refractivity contribution in [3.63, 3.8) is 0 Å². The second kappa shape index (κ2) is 13.0. The van der Waals surface area contributed by atoms with Crippen LogP contribution in [0.5, 0.6) is 11.5 Å². The number of carbonyl (C=O) groups excluding carboxylic acids is 2. The van der Waals surface area contributed by atoms with Gasteiger partial charge < -0.3 is 24.4 Å². The van der Waals surface area contributed by atoms with Crippen molar-refractivity contribution in [2.45, 2.75) is 71.5 Å². The van der Waals surface area contributed by atoms with Crippen LogP contribution < -0.4 is 4.74 Å². The van der Waals surface area contributed by atoms with E-state index < -0.39 is 6.10 Å². The van der Waals surface area contributed by atoms with Crippen LogP contribution in [0.4, 0.5) is 0 Å². The Labute approximate surface area is 173 Å². The Bertz CT molecular complexity index is 640. The molecule has 1 aromatic carbocycles. The molecule has 0 aliphatic heterocycles. The predicted molar refractivity (Wildman–Crippen MR) is 109 cm³/mol. The highest BCUT2D eigenvalue weighted by atomic mass is 16.6. The van der Waals surface area contributed by atoms with Crippen molar-refractivity contribution in [2.24, 2.45) is 5.92 Å². The molecular formula is C22H34O7. The molecule has 0 fully saturated rings. The maximum absolute atomic E-state index is 11.6. The third-order valence-corrected chi connectivity index (χ3v) is 4.92. The van der Waals surface area contributed by atoms with E-state index in [-0.39, 0.29) is 36.3 Å². The van der Waals surface area contributed by atoms with Gasteiger partial charge in [0.05, 0.1) is 7.11 Å². The van der Waals surface area contributed by atoms with E-state index in [9.17, 15) is 19.8 Å². The standard InChI is InChI=1S/C22H34O7/c1-5-17(14-23)6-9-19(28-15(2)24)13-20(29-16(3)25)10-7-18-8-11-21(26)22(12-18)27-4/h8,11-12,17,19-20,23,26H,5-7,9-10,13-14H2,1-4H3/t17-,19-,20+/m0/s1. The molecule has 0 heterocycles. The molecule has 0 saturated carbocycles. The van der Waals surface area contributed by atoms with Gasteiger partial charge in [-0.15, -0.1) is 0 Å². The van der Waals surface area contributed by atoms with E-state index in [4.69, 9.17) is 14.2 Å². The highest BCUT2D eigenvalue weighted by molar-refractivity contribution is 5.66. The largest absolute Gasteiger partial charge is 0.504 e. The molecule has 0 radical (unpaired) electrons. The number of phenols is 1. The SMILES string of the molecule is CC[C@H](CO)CC[C@@H](C[C@@H](CCc1ccc(O)c(OC)c1)OC(C)=O)OC(C)=O. The summed E-state index contributed by atoms with van der Waals surface area (Å²) in [6.07, 6.45) is 2.93. The fourth-order valence-electron chi connectivity index (χ4n) is 3.26. The first kappa shape index (κ1) is 24.8. The van der Waals surface area contributed by atoms with E-state index >= 15 is 0 Å². The number of hydrogen-bond acceptors (Lipinski definition) is 7. The van der Waals surface area contributed by atoms with Crippen LogP contribution in [0.3, 0.4) is 0 Å². The van der Waals surface area contributed by atoms with Crippen molar-refractivity contribution in [1.29, 1.82) is 0 Å². The first-order valence-electron chi connectivity index (χ1n) is 10.1. The number of ether oxygens (including phenoxy) is 3. The number of methoxy groups -OCH3 is 1. The van der Waals surface area contributed by atoms with Crippen LogP contribution in [0.15, 0.2) is 18.2 Å². The Morgan fingerprint density at radius 2 is 1.66 bits per heavy atom. The lowest BCUT2D eigenvalue weighted by Gasteiger charge is -2.24. The zero-order valence-electron chi connectivity index (χ0n) is 17.8. The molecule has 3 atom stereocenters. The Hall–Kier alpha value is -2.28. The third kappa shape index (κ3) is 9.65. The normalized spacial score (nSPS) is 14.0. The Morgan fingerprint density at radius 3 is 2.17 bits per heavy atom. The summed E-state index contributed by atoms with van der Waals surface area (Å²) >= 11 is 0. The van der Waals surface area contributed by atoms with Gasteiger partial charge in [0, 0.05) is 26.9 Å². The first-order chi connectivity index (χ1) is 13.8. The summed E-state index contributed by atoms with van der Waals surface area (Å²) in [6, 6.07) is 5.10. The highest BCUT2D eigenvalue weighted by Crippen LogP contribution is 2.27. The average molecular weight is 411 g/mol. The van der Waals surface area contributed by atoms with Gasteiger partial charge in [0.1, 0.15) is 12.2 Å². The van der Waals surface area contributed by atoms with E-state index in [1.807, 2.05) is 6.92 Å². The van der Waals surface area contributed by atoms with Gasteiger partial charge in [0.2, 0.25) is 0 Å². The molecule has 0 unspecified atom stereocenters. The lowest BCUT2D eigenvalue weighted by atomic mass is 9.95. The van der Waals surface area contributed by atoms with Crippen LogP contribution in [0, 0.1) is 5.92 Å². The molecule has 0 spiro atoms. The van der Waals surface area contributed by atoms with Crippen LogP contribution in [0.2, 0.25) is 0 Å². The number of hydrogen-bond donors (Lipinski definition) is 2. The molecule has 1 rings (SSSR count). The van der Waals surface area contributed by atoms with Crippen molar-refractivity contribution in [2.75, 3.05) is 13.7 Å². The molecule has 0 amide bonds. The number of carbonyl (C=O) groups is 2. The number of phenolic OH excluding ortho intramolecular Hbond substituents is 1. The van der Waals surface area contributed by atoms with Gasteiger partial charge in [-0.1, -0.05) is 19.4 Å². The van der Waals surface area contributed by atoms with Gasteiger partial charge in [0.15, 0.2) is 11.5 Å². The fraction of sp³-hybridized carbons (Fsp3) is 0.636. The molecule has 7 nitrogen and oxygen atoms in total. The Morgan fingerprint density at radius 1 is 1.03 bits per heavy atom. The zero-order valence-corrected chi connectivity index (χ0v) is 17.8. The van der Waals surface area contributed by atoms with Gasteiger partial charge in [0.25, 0.3) is 0 Å². The maximum Gasteiger partial charge on any atom is 0.302 e. The predicted octanol–water partition coefficient (Wildman–Crippen LogP) is 3.39. The van der Waals surface area contributed by atoms with E-state index in [1.165, 1.54) is 21.0 Å². The van der Waals surface area contributed by atoms with Crippen molar-refractivity contribution in [3.05, 3.63) is 23.8 Å². The lowest BCUT2D eigenvalue weighted by molar-refractivity contribution is -0.153. The van der Waals surface area contributed by atoms with Gasteiger partial charge in [-0.25, -0.2) is 0 Å². The van der Waals surface area contributed by atoms with Crippen LogP contribution in [-0.4, -0.2) is 48.1 Å². The van der Waals surface area contributed by atoms with E-state index in [0.717, 1.165) is 18.4 Å². The van der Waals surface area contributed by atoms with Gasteiger partial charge >= 0.3 is 11.9 Å². The summed E-state index contributed by atoms with van der Waals surface area (Å²) < 4.78 is 16.0. The smallest absolute Gasteiger partial charge is 0.302 e. The molecule has 0 bridgehead atoms. The van der Waals surface area contributed by atoms with E-state index in [0.29, 0.717) is 31.4 Å². The summed E-state index contributed by atoms with van der Waals surface area (Å²) in [4.78, 5) is 23.1. The summed E-state index contributed by atoms with van der Waals surface area (Å²) in [5, 5.41) is 19.1. The average Bonchev–Trinajstić information content (AvgIpc) is 2.66. The quantitative estimate of drug-likeness (QED) is 0.481. The number of rotatable bonds is 13. The van der Waals surface area contributed by atoms with Gasteiger partial charge in [-0.05, 0) is 49.3 Å². The third-order valence-electron chi connectivity index (χ3n) is 4.92. The Kier molecular flexibility index (Phi) is 11.1. The molecule has 0 aliphatic carbocycles. The molecule has 164 valence electrons. The van der Waals surface area contributed by atoms with E-state index in [2.05, 4.69) is 0 Å². The molecule has 29 heavy (non-hydrogen) atoms. The Balaban J connectivity index is 2.79. The van der Waals surface area contributed by atoms with Crippen molar-refractivity contribution >= 4 is 11.9 Å². The summed E-state index contributed by atoms with van der Waals surface area (Å²) in [7, 11) is 1.49. The van der Waals surface area contributed by atoms with Gasteiger partial charge in [-0.3, -0.25) is 9.59 Å². The van der Waals surface area contributed by atoms with Crippen LogP contribution >= 0.6 is 0 Å². The minimum Gasteiger partial charge on any atom is -0.504 e. The number of aromatic hydroxyl groups is 1. The fourth-order valence-corrected chi connectivity index (χ4v) is 3.26. The molecule has 1 aromatic rings. The highest BCUT2D eigenvalue weighted by Gasteiger charge is 2.22. The number of benzene rings is 1. The van der Waals surface area contributed by atoms with Crippen LogP contribution in [0.1, 0.15) is 58.4 Å². The molecule has 0 aliphatic rings. The van der Waals surface area contributed by atoms with E-state index in [1.54, 1.807) is 18.2 Å². The summed E-state index contributed by atoms with van der Waals surface area (Å²) in [5.74, 6) is -0.153. The molecular weight excluding hydrogens is 376 g/mol. The van der Waals surface area contributed by atoms with Crippen molar-refractivity contribution in [3.8, 4) is 11.5 Å². The number of aliphatic hydroxyl groups is 1. The molecule has 0 aromatic heterocycles. The number of aliphatic hydroxyl groups excluding tert-OH is 1. The topological polar surface area (TPSA) is 102 Å². The molecule has 0 saturated heterocycles. The first-order valence-corrected chi connectivity index (χ1v) is 10.1. The second-order valence-corrected chi connectivity index (χ2v) is 7.28. The number of esters is 2. The minimum atomic E-state index is -0.411. The second-order valence-electron chi connectivity index (χ2n) is 7.28. The summed E-state index contributed by atoms with van der Waals surface area (Å²) in [5.41, 5.74) is 0.937.